The number of imide groups is 1. The highest BCUT2D eigenvalue weighted by atomic mass is 16.2. The number of carbonyl (C=O) groups excluding carboxylic acids is 3. The molecule has 2 atom stereocenters. The molecule has 1 N–H and O–H groups in total. The third-order valence-electron chi connectivity index (χ3n) is 7.38. The first-order valence-corrected chi connectivity index (χ1v) is 11.7. The van der Waals surface area contributed by atoms with Gasteiger partial charge in [-0.2, -0.15) is 0 Å². The quantitative estimate of drug-likeness (QED) is 0.751. The molecule has 6 nitrogen and oxygen atoms in total. The molecule has 0 bridgehead atoms. The molecule has 5 rings (SSSR count). The van der Waals surface area contributed by atoms with Crippen LogP contribution >= 0.6 is 0 Å². The molecule has 1 saturated carbocycles. The number of carbonyl (C=O) groups is 3. The second kappa shape index (κ2) is 8.41. The van der Waals surface area contributed by atoms with Crippen LogP contribution in [-0.4, -0.2) is 46.8 Å². The zero-order valence-corrected chi connectivity index (χ0v) is 18.2. The van der Waals surface area contributed by atoms with E-state index in [-0.39, 0.29) is 18.5 Å². The largest absolute Gasteiger partial charge is 0.338 e. The molecule has 2 saturated heterocycles. The van der Waals surface area contributed by atoms with Crippen molar-refractivity contribution in [2.75, 3.05) is 13.1 Å². The van der Waals surface area contributed by atoms with Crippen LogP contribution in [0.25, 0.3) is 0 Å². The van der Waals surface area contributed by atoms with Crippen LogP contribution in [0.15, 0.2) is 60.7 Å². The lowest BCUT2D eigenvalue weighted by Crippen LogP contribution is -2.53. The molecule has 166 valence electrons. The Morgan fingerprint density at radius 1 is 0.875 bits per heavy atom. The van der Waals surface area contributed by atoms with Gasteiger partial charge in [0.05, 0.1) is 0 Å². The Hall–Kier alpha value is -3.15. The molecule has 3 aliphatic rings. The molecule has 0 aromatic heterocycles. The number of hydrogen-bond donors (Lipinski definition) is 1. The van der Waals surface area contributed by atoms with Gasteiger partial charge in [-0.05, 0) is 42.7 Å². The van der Waals surface area contributed by atoms with Crippen molar-refractivity contribution in [3.05, 3.63) is 71.8 Å². The van der Waals surface area contributed by atoms with Gasteiger partial charge in [-0.1, -0.05) is 73.5 Å². The number of benzene rings is 2. The molecule has 4 amide bonds. The van der Waals surface area contributed by atoms with E-state index in [1.54, 1.807) is 0 Å². The minimum atomic E-state index is -1.32. The second-order valence-electron chi connectivity index (χ2n) is 9.14. The number of urea groups is 1. The average Bonchev–Trinajstić information content (AvgIpc) is 3.10. The Labute approximate surface area is 188 Å². The summed E-state index contributed by atoms with van der Waals surface area (Å²) in [6.07, 6.45) is 6.72. The Bertz CT molecular complexity index is 966. The van der Waals surface area contributed by atoms with Crippen molar-refractivity contribution in [2.24, 2.45) is 5.92 Å². The topological polar surface area (TPSA) is 69.7 Å². The van der Waals surface area contributed by atoms with Crippen molar-refractivity contribution in [3.63, 3.8) is 0 Å². The fourth-order valence-electron chi connectivity index (χ4n) is 5.81. The Kier molecular flexibility index (Phi) is 5.45. The number of nitrogens with one attached hydrogen (secondary N) is 1. The summed E-state index contributed by atoms with van der Waals surface area (Å²) in [7, 11) is 0. The van der Waals surface area contributed by atoms with Gasteiger partial charge in [0.1, 0.15) is 6.54 Å². The van der Waals surface area contributed by atoms with Gasteiger partial charge in [0.25, 0.3) is 5.91 Å². The second-order valence-corrected chi connectivity index (χ2v) is 9.14. The number of likely N-dealkylation sites (tertiary alicyclic amines) is 1. The summed E-state index contributed by atoms with van der Waals surface area (Å²) in [5.41, 5.74) is 0.0458. The van der Waals surface area contributed by atoms with Crippen molar-refractivity contribution in [3.8, 4) is 0 Å². The van der Waals surface area contributed by atoms with Crippen LogP contribution < -0.4 is 5.32 Å². The molecule has 0 radical (unpaired) electrons. The number of amides is 4. The van der Waals surface area contributed by atoms with E-state index >= 15 is 0 Å². The summed E-state index contributed by atoms with van der Waals surface area (Å²) in [6, 6.07) is 18.3. The normalized spacial score (nSPS) is 24.8. The van der Waals surface area contributed by atoms with Gasteiger partial charge in [-0.15, -0.1) is 0 Å². The van der Waals surface area contributed by atoms with E-state index in [1.165, 1.54) is 19.3 Å². The van der Waals surface area contributed by atoms with Crippen LogP contribution in [0.4, 0.5) is 4.79 Å². The van der Waals surface area contributed by atoms with Crippen molar-refractivity contribution < 1.29 is 14.4 Å². The minimum Gasteiger partial charge on any atom is -0.338 e. The van der Waals surface area contributed by atoms with Crippen LogP contribution in [0.2, 0.25) is 0 Å². The lowest BCUT2D eigenvalue weighted by molar-refractivity contribution is -0.142. The molecule has 2 heterocycles. The summed E-state index contributed by atoms with van der Waals surface area (Å²) in [4.78, 5) is 43.3. The zero-order valence-electron chi connectivity index (χ0n) is 18.2. The predicted molar refractivity (Wildman–Crippen MR) is 121 cm³/mol. The molecule has 2 aromatic rings. The van der Waals surface area contributed by atoms with E-state index in [9.17, 15) is 14.4 Å². The number of fused-ring (bicyclic) bond motifs is 1. The summed E-state index contributed by atoms with van der Waals surface area (Å²) in [6.45, 7) is 0.501. The number of nitrogens with zero attached hydrogens (tertiary/aromatic N) is 2. The fourth-order valence-corrected chi connectivity index (χ4v) is 5.81. The fraction of sp³-hybridized carbons (Fsp3) is 0.423. The highest BCUT2D eigenvalue weighted by molar-refractivity contribution is 6.11. The van der Waals surface area contributed by atoms with Gasteiger partial charge < -0.3 is 10.2 Å². The van der Waals surface area contributed by atoms with E-state index < -0.39 is 17.5 Å². The summed E-state index contributed by atoms with van der Waals surface area (Å²) < 4.78 is 0. The molecule has 3 fully saturated rings. The van der Waals surface area contributed by atoms with Crippen molar-refractivity contribution in [1.82, 2.24) is 15.1 Å². The lowest BCUT2D eigenvalue weighted by atomic mass is 9.78. The van der Waals surface area contributed by atoms with Crippen LogP contribution in [0.3, 0.4) is 0 Å². The average molecular weight is 432 g/mol. The first-order chi connectivity index (χ1) is 15.6. The zero-order chi connectivity index (χ0) is 22.1. The van der Waals surface area contributed by atoms with Gasteiger partial charge in [-0.3, -0.25) is 14.5 Å². The van der Waals surface area contributed by atoms with Crippen molar-refractivity contribution >= 4 is 17.8 Å². The van der Waals surface area contributed by atoms with Crippen LogP contribution in [0.1, 0.15) is 49.7 Å². The molecule has 32 heavy (non-hydrogen) atoms. The highest BCUT2D eigenvalue weighted by Gasteiger charge is 2.54. The molecule has 0 spiro atoms. The van der Waals surface area contributed by atoms with E-state index in [2.05, 4.69) is 5.32 Å². The van der Waals surface area contributed by atoms with Gasteiger partial charge in [0.2, 0.25) is 5.91 Å². The van der Waals surface area contributed by atoms with E-state index in [1.807, 2.05) is 65.6 Å². The standard InChI is InChI=1S/C26H29N3O3/c30-23(28-17-9-11-19-10-7-8-16-22(19)28)18-29-24(31)26(27-25(29)32,20-12-3-1-4-13-20)21-14-5-2-6-15-21/h1-6,12-15,19,22H,7-11,16-18H2,(H,27,32)/t19-,22+/m0/s1. The monoisotopic (exact) mass is 431 g/mol. The highest BCUT2D eigenvalue weighted by Crippen LogP contribution is 2.37. The summed E-state index contributed by atoms with van der Waals surface area (Å²) in [5, 5.41) is 2.93. The Balaban J connectivity index is 1.44. The third-order valence-corrected chi connectivity index (χ3v) is 7.38. The third kappa shape index (κ3) is 3.38. The minimum absolute atomic E-state index is 0.123. The Morgan fingerprint density at radius 3 is 2.12 bits per heavy atom. The Morgan fingerprint density at radius 2 is 1.47 bits per heavy atom. The number of hydrogen-bond acceptors (Lipinski definition) is 3. The first-order valence-electron chi connectivity index (χ1n) is 11.7. The van der Waals surface area contributed by atoms with Crippen LogP contribution in [0, 0.1) is 5.92 Å². The molecule has 2 aromatic carbocycles. The SMILES string of the molecule is O=C1NC(c2ccccc2)(c2ccccc2)C(=O)N1CC(=O)N1CCC[C@@H]2CCCC[C@H]21. The van der Waals surface area contributed by atoms with Crippen molar-refractivity contribution in [2.45, 2.75) is 50.1 Å². The maximum absolute atomic E-state index is 13.8. The maximum Gasteiger partial charge on any atom is 0.326 e. The van der Waals surface area contributed by atoms with E-state index in [0.717, 1.165) is 24.2 Å². The molecule has 6 heteroatoms. The summed E-state index contributed by atoms with van der Waals surface area (Å²) in [5.74, 6) is 0.0322. The maximum atomic E-state index is 13.8. The van der Waals surface area contributed by atoms with E-state index in [0.29, 0.717) is 23.6 Å². The van der Waals surface area contributed by atoms with Gasteiger partial charge in [0.15, 0.2) is 5.54 Å². The lowest BCUT2D eigenvalue weighted by Gasteiger charge is -2.44. The van der Waals surface area contributed by atoms with Crippen LogP contribution in [-0.2, 0) is 15.1 Å². The van der Waals surface area contributed by atoms with E-state index in [4.69, 9.17) is 0 Å². The molecular formula is C26H29N3O3. The van der Waals surface area contributed by atoms with Crippen molar-refractivity contribution in [1.29, 1.82) is 0 Å². The molecule has 2 aliphatic heterocycles. The van der Waals surface area contributed by atoms with Gasteiger partial charge in [-0.25, -0.2) is 4.79 Å². The van der Waals surface area contributed by atoms with Gasteiger partial charge in [0, 0.05) is 12.6 Å². The molecular weight excluding hydrogens is 402 g/mol. The number of piperidine rings is 1. The molecule has 1 aliphatic carbocycles. The molecule has 0 unspecified atom stereocenters. The predicted octanol–water partition coefficient (Wildman–Crippen LogP) is 3.66. The number of rotatable bonds is 4. The summed E-state index contributed by atoms with van der Waals surface area (Å²) >= 11 is 0. The van der Waals surface area contributed by atoms with Gasteiger partial charge >= 0.3 is 6.03 Å². The van der Waals surface area contributed by atoms with Crippen LogP contribution in [0.5, 0.6) is 0 Å². The first kappa shape index (κ1) is 20.7. The smallest absolute Gasteiger partial charge is 0.326 e.